The predicted octanol–water partition coefficient (Wildman–Crippen LogP) is 4.55. The number of amides is 1. The molecular formula is C21H24BrFN6O2. The number of piperidine rings is 1. The Kier molecular flexibility index (Phi) is 5.59. The van der Waals surface area contributed by atoms with Gasteiger partial charge in [0.25, 0.3) is 0 Å². The maximum atomic E-state index is 14.5. The van der Waals surface area contributed by atoms with Gasteiger partial charge in [0.2, 0.25) is 5.95 Å². The minimum absolute atomic E-state index is 0.0103. The summed E-state index contributed by atoms with van der Waals surface area (Å²) in [4.78, 5) is 26.3. The van der Waals surface area contributed by atoms with Gasteiger partial charge in [-0.3, -0.25) is 0 Å². The summed E-state index contributed by atoms with van der Waals surface area (Å²) < 4.78 is 22.8. The molecule has 3 aromatic heterocycles. The van der Waals surface area contributed by atoms with Gasteiger partial charge in [-0.1, -0.05) is 0 Å². The molecule has 0 spiro atoms. The number of nitrogen functional groups attached to an aromatic ring is 1. The zero-order valence-electron chi connectivity index (χ0n) is 17.6. The summed E-state index contributed by atoms with van der Waals surface area (Å²) in [5, 5.41) is 0.813. The van der Waals surface area contributed by atoms with Gasteiger partial charge in [0, 0.05) is 36.3 Å². The van der Waals surface area contributed by atoms with Crippen molar-refractivity contribution in [1.29, 1.82) is 0 Å². The number of aromatic nitrogens is 4. The third-order valence-electron chi connectivity index (χ3n) is 5.21. The summed E-state index contributed by atoms with van der Waals surface area (Å²) in [6.45, 7) is 6.72. The van der Waals surface area contributed by atoms with E-state index in [1.54, 1.807) is 11.1 Å². The smallest absolute Gasteiger partial charge is 0.410 e. The molecule has 0 saturated carbocycles. The molecular weight excluding hydrogens is 467 g/mol. The molecule has 4 heterocycles. The Labute approximate surface area is 187 Å². The summed E-state index contributed by atoms with van der Waals surface area (Å²) >= 11 is 3.40. The van der Waals surface area contributed by atoms with Crippen molar-refractivity contribution < 1.29 is 13.9 Å². The van der Waals surface area contributed by atoms with E-state index in [0.717, 1.165) is 29.9 Å². The van der Waals surface area contributed by atoms with Crippen molar-refractivity contribution in [3.8, 4) is 11.3 Å². The Hall–Kier alpha value is -2.75. The fourth-order valence-corrected chi connectivity index (χ4v) is 4.17. The van der Waals surface area contributed by atoms with E-state index in [0.29, 0.717) is 23.3 Å². The van der Waals surface area contributed by atoms with Crippen LogP contribution in [0.5, 0.6) is 0 Å². The largest absolute Gasteiger partial charge is 0.444 e. The van der Waals surface area contributed by atoms with Crippen LogP contribution in [0.15, 0.2) is 29.3 Å². The monoisotopic (exact) mass is 490 g/mol. The number of likely N-dealkylation sites (tertiary alicyclic amines) is 1. The zero-order valence-corrected chi connectivity index (χ0v) is 19.2. The Morgan fingerprint density at radius 3 is 2.65 bits per heavy atom. The second kappa shape index (κ2) is 8.07. The molecule has 1 saturated heterocycles. The van der Waals surface area contributed by atoms with Crippen LogP contribution in [0.25, 0.3) is 22.2 Å². The van der Waals surface area contributed by atoms with Gasteiger partial charge in [-0.25, -0.2) is 24.1 Å². The van der Waals surface area contributed by atoms with Crippen LogP contribution in [0.3, 0.4) is 0 Å². The molecule has 1 aliphatic heterocycles. The van der Waals surface area contributed by atoms with Crippen LogP contribution in [0, 0.1) is 5.82 Å². The normalized spacial score (nSPS) is 15.5. The maximum absolute atomic E-state index is 14.5. The van der Waals surface area contributed by atoms with E-state index in [1.807, 2.05) is 33.0 Å². The number of hydrogen-bond donors (Lipinski definition) is 1. The van der Waals surface area contributed by atoms with Crippen LogP contribution in [-0.2, 0) is 4.74 Å². The fourth-order valence-electron chi connectivity index (χ4n) is 3.84. The number of pyridine rings is 1. The first-order chi connectivity index (χ1) is 14.6. The van der Waals surface area contributed by atoms with E-state index in [-0.39, 0.29) is 23.8 Å². The number of ether oxygens (including phenoxy) is 1. The quantitative estimate of drug-likeness (QED) is 0.529. The lowest BCUT2D eigenvalue weighted by Crippen LogP contribution is -2.42. The second-order valence-corrected chi connectivity index (χ2v) is 9.41. The van der Waals surface area contributed by atoms with Gasteiger partial charge in [0.1, 0.15) is 15.9 Å². The van der Waals surface area contributed by atoms with Crippen molar-refractivity contribution in [2.24, 2.45) is 0 Å². The van der Waals surface area contributed by atoms with Crippen LogP contribution in [0.4, 0.5) is 15.1 Å². The van der Waals surface area contributed by atoms with Crippen molar-refractivity contribution >= 4 is 38.9 Å². The lowest BCUT2D eigenvalue weighted by molar-refractivity contribution is 0.0189. The highest BCUT2D eigenvalue weighted by atomic mass is 79.9. The van der Waals surface area contributed by atoms with Gasteiger partial charge >= 0.3 is 6.09 Å². The Bertz CT molecular complexity index is 1130. The van der Waals surface area contributed by atoms with Gasteiger partial charge in [-0.05, 0) is 55.6 Å². The molecule has 0 bridgehead atoms. The van der Waals surface area contributed by atoms with Crippen molar-refractivity contribution in [3.05, 3.63) is 35.1 Å². The van der Waals surface area contributed by atoms with E-state index in [2.05, 4.69) is 35.4 Å². The Balaban J connectivity index is 1.65. The summed E-state index contributed by atoms with van der Waals surface area (Å²) in [5.41, 5.74) is 6.83. The van der Waals surface area contributed by atoms with E-state index >= 15 is 0 Å². The van der Waals surface area contributed by atoms with Crippen LogP contribution >= 0.6 is 15.9 Å². The average molecular weight is 491 g/mol. The van der Waals surface area contributed by atoms with E-state index < -0.39 is 11.4 Å². The minimum atomic E-state index is -0.541. The van der Waals surface area contributed by atoms with Crippen molar-refractivity contribution in [2.75, 3.05) is 18.8 Å². The predicted molar refractivity (Wildman–Crippen MR) is 119 cm³/mol. The molecule has 1 aliphatic rings. The highest BCUT2D eigenvalue weighted by Crippen LogP contribution is 2.36. The second-order valence-electron chi connectivity index (χ2n) is 8.60. The number of carbonyl (C=O) groups excluding carboxylic acids is 1. The molecule has 1 amide bonds. The van der Waals surface area contributed by atoms with E-state index in [9.17, 15) is 9.18 Å². The summed E-state index contributed by atoms with van der Waals surface area (Å²) in [7, 11) is 0. The molecule has 10 heteroatoms. The van der Waals surface area contributed by atoms with E-state index in [4.69, 9.17) is 10.5 Å². The van der Waals surface area contributed by atoms with Gasteiger partial charge in [0.05, 0.1) is 17.9 Å². The van der Waals surface area contributed by atoms with Crippen LogP contribution in [0.1, 0.15) is 39.7 Å². The molecule has 0 unspecified atom stereocenters. The third kappa shape index (κ3) is 4.48. The lowest BCUT2D eigenvalue weighted by Gasteiger charge is -2.34. The molecule has 0 aliphatic carbocycles. The number of nitrogens with two attached hydrogens (primary N) is 1. The molecule has 4 rings (SSSR count). The number of fused-ring (bicyclic) bond motifs is 1. The van der Waals surface area contributed by atoms with Crippen LogP contribution in [-0.4, -0.2) is 49.2 Å². The van der Waals surface area contributed by atoms with Gasteiger partial charge in [0.15, 0.2) is 5.82 Å². The van der Waals surface area contributed by atoms with Crippen molar-refractivity contribution in [1.82, 2.24) is 24.4 Å². The summed E-state index contributed by atoms with van der Waals surface area (Å²) in [6.07, 6.45) is 5.91. The van der Waals surface area contributed by atoms with Gasteiger partial charge in [-0.2, -0.15) is 0 Å². The Morgan fingerprint density at radius 2 is 1.97 bits per heavy atom. The Morgan fingerprint density at radius 1 is 1.26 bits per heavy atom. The lowest BCUT2D eigenvalue weighted by atomic mass is 10.1. The minimum Gasteiger partial charge on any atom is -0.444 e. The molecule has 8 nitrogen and oxygen atoms in total. The number of halogens is 2. The number of nitrogens with zero attached hydrogens (tertiary/aromatic N) is 5. The molecule has 31 heavy (non-hydrogen) atoms. The maximum Gasteiger partial charge on any atom is 0.410 e. The highest BCUT2D eigenvalue weighted by molar-refractivity contribution is 9.10. The van der Waals surface area contributed by atoms with Crippen LogP contribution in [0.2, 0.25) is 0 Å². The molecule has 164 valence electrons. The molecule has 0 atom stereocenters. The topological polar surface area (TPSA) is 99.2 Å². The van der Waals surface area contributed by atoms with E-state index in [1.165, 1.54) is 0 Å². The third-order valence-corrected chi connectivity index (χ3v) is 5.65. The zero-order chi connectivity index (χ0) is 22.3. The first kappa shape index (κ1) is 21.5. The number of carbonyl (C=O) groups is 1. The number of hydrogen-bond acceptors (Lipinski definition) is 6. The highest BCUT2D eigenvalue weighted by Gasteiger charge is 2.29. The number of anilines is 1. The fraction of sp³-hybridized carbons (Fsp3) is 0.429. The summed E-state index contributed by atoms with van der Waals surface area (Å²) in [6, 6.07) is 1.97. The van der Waals surface area contributed by atoms with Crippen molar-refractivity contribution in [2.45, 2.75) is 45.3 Å². The molecule has 1 fully saturated rings. The standard InChI is InChI=1S/C21H24BrFN6O2/c1-21(2,3)31-20(30)28-6-4-12(5-7-28)29-11-14(13-8-17(22)25-10-16(13)29)18-15(23)9-26-19(24)27-18/h8-12H,4-7H2,1-3H3,(H2,24,26,27). The van der Waals surface area contributed by atoms with Crippen molar-refractivity contribution in [3.63, 3.8) is 0 Å². The molecule has 3 aromatic rings. The SMILES string of the molecule is CC(C)(C)OC(=O)N1CCC(n2cc(-c3nc(N)ncc3F)c3cc(Br)ncc32)CC1. The van der Waals surface area contributed by atoms with Gasteiger partial charge < -0.3 is 19.9 Å². The molecule has 2 N–H and O–H groups in total. The number of rotatable bonds is 2. The van der Waals surface area contributed by atoms with Gasteiger partial charge in [-0.15, -0.1) is 0 Å². The first-order valence-electron chi connectivity index (χ1n) is 10.0. The molecule has 0 radical (unpaired) electrons. The first-order valence-corrected chi connectivity index (χ1v) is 10.8. The molecule has 0 aromatic carbocycles. The summed E-state index contributed by atoms with van der Waals surface area (Å²) in [5.74, 6) is -0.531. The van der Waals surface area contributed by atoms with Crippen LogP contribution < -0.4 is 5.73 Å². The average Bonchev–Trinajstić information content (AvgIpc) is 3.07.